The molecule has 3 N–H and O–H groups in total. The molecule has 0 bridgehead atoms. The van der Waals surface area contributed by atoms with Crippen LogP contribution in [0.25, 0.3) is 10.8 Å². The molecule has 8 nitrogen and oxygen atoms in total. The number of carbonyl (C=O) groups is 1. The van der Waals surface area contributed by atoms with Crippen LogP contribution in [0.4, 0.5) is 5.69 Å². The fourth-order valence-corrected chi connectivity index (χ4v) is 3.18. The van der Waals surface area contributed by atoms with Crippen molar-refractivity contribution in [2.24, 2.45) is 0 Å². The first-order valence-corrected chi connectivity index (χ1v) is 8.67. The van der Waals surface area contributed by atoms with Gasteiger partial charge in [0.25, 0.3) is 20.2 Å². The molecule has 22 heavy (non-hydrogen) atoms. The molecule has 0 saturated carbocycles. The summed E-state index contributed by atoms with van der Waals surface area (Å²) in [5.41, 5.74) is 0.233. The van der Waals surface area contributed by atoms with E-state index in [0.29, 0.717) is 0 Å². The third-order valence-corrected chi connectivity index (χ3v) is 4.60. The highest BCUT2D eigenvalue weighted by Crippen LogP contribution is 2.31. The van der Waals surface area contributed by atoms with Crippen LogP contribution in [-0.2, 0) is 25.0 Å². The van der Waals surface area contributed by atoms with Crippen LogP contribution in [0, 0.1) is 0 Å². The van der Waals surface area contributed by atoms with E-state index in [2.05, 4.69) is 5.32 Å². The van der Waals surface area contributed by atoms with E-state index in [0.717, 1.165) is 18.2 Å². The van der Waals surface area contributed by atoms with Gasteiger partial charge in [-0.15, -0.1) is 0 Å². The van der Waals surface area contributed by atoms with Crippen LogP contribution < -0.4 is 5.32 Å². The lowest BCUT2D eigenvalue weighted by atomic mass is 10.1. The van der Waals surface area contributed by atoms with E-state index in [1.165, 1.54) is 19.1 Å². The SMILES string of the molecule is CC(=O)Nc1ccc(S(=O)(=O)O)c2cc(S(=O)(=O)O)ccc12. The second-order valence-corrected chi connectivity index (χ2v) is 7.26. The molecule has 0 aliphatic heterocycles. The summed E-state index contributed by atoms with van der Waals surface area (Å²) in [6.07, 6.45) is 0. The number of carbonyl (C=O) groups excluding carboxylic acids is 1. The zero-order chi connectivity index (χ0) is 16.7. The van der Waals surface area contributed by atoms with Crippen molar-refractivity contribution in [1.82, 2.24) is 0 Å². The number of nitrogens with one attached hydrogen (secondary N) is 1. The molecule has 0 aliphatic carbocycles. The number of hydrogen-bond donors (Lipinski definition) is 3. The number of hydrogen-bond acceptors (Lipinski definition) is 5. The largest absolute Gasteiger partial charge is 0.326 e. The summed E-state index contributed by atoms with van der Waals surface area (Å²) in [4.78, 5) is 10.1. The van der Waals surface area contributed by atoms with E-state index in [9.17, 15) is 26.2 Å². The van der Waals surface area contributed by atoms with Gasteiger partial charge in [0, 0.05) is 23.4 Å². The first kappa shape index (κ1) is 16.4. The highest BCUT2D eigenvalue weighted by Gasteiger charge is 2.19. The van der Waals surface area contributed by atoms with Gasteiger partial charge in [-0.05, 0) is 24.3 Å². The summed E-state index contributed by atoms with van der Waals surface area (Å²) in [5, 5.41) is 2.50. The molecule has 2 rings (SSSR count). The average molecular weight is 345 g/mol. The zero-order valence-electron chi connectivity index (χ0n) is 11.1. The van der Waals surface area contributed by atoms with Gasteiger partial charge in [0.15, 0.2) is 0 Å². The minimum Gasteiger partial charge on any atom is -0.326 e. The van der Waals surface area contributed by atoms with Gasteiger partial charge in [-0.2, -0.15) is 16.8 Å². The van der Waals surface area contributed by atoms with E-state index < -0.39 is 35.9 Å². The average Bonchev–Trinajstić information content (AvgIpc) is 2.35. The Morgan fingerprint density at radius 3 is 2.09 bits per heavy atom. The van der Waals surface area contributed by atoms with Crippen molar-refractivity contribution in [1.29, 1.82) is 0 Å². The molecule has 2 aromatic carbocycles. The minimum absolute atomic E-state index is 0.149. The molecule has 0 spiro atoms. The van der Waals surface area contributed by atoms with Gasteiger partial charge in [0.1, 0.15) is 4.90 Å². The molecule has 118 valence electrons. The first-order valence-electron chi connectivity index (χ1n) is 5.79. The molecule has 0 aliphatic rings. The van der Waals surface area contributed by atoms with Gasteiger partial charge in [0.05, 0.1) is 4.90 Å². The lowest BCUT2D eigenvalue weighted by molar-refractivity contribution is -0.114. The molecular formula is C12H11NO7S2. The molecular weight excluding hydrogens is 334 g/mol. The number of benzene rings is 2. The number of fused-ring (bicyclic) bond motifs is 1. The third kappa shape index (κ3) is 3.25. The quantitative estimate of drug-likeness (QED) is 0.713. The van der Waals surface area contributed by atoms with Crippen molar-refractivity contribution in [3.05, 3.63) is 30.3 Å². The molecule has 10 heteroatoms. The Morgan fingerprint density at radius 2 is 1.59 bits per heavy atom. The second kappa shape index (κ2) is 5.32. The Kier molecular flexibility index (Phi) is 3.96. The first-order chi connectivity index (χ1) is 10.00. The molecule has 2 aromatic rings. The van der Waals surface area contributed by atoms with Crippen molar-refractivity contribution in [2.45, 2.75) is 16.7 Å². The third-order valence-electron chi connectivity index (χ3n) is 2.83. The fourth-order valence-electron chi connectivity index (χ4n) is 1.98. The predicted octanol–water partition coefficient (Wildman–Crippen LogP) is 1.29. The highest BCUT2D eigenvalue weighted by atomic mass is 32.2. The van der Waals surface area contributed by atoms with Crippen LogP contribution >= 0.6 is 0 Å². The number of rotatable bonds is 3. The molecule has 0 radical (unpaired) electrons. The Labute approximate surface area is 126 Å². The van der Waals surface area contributed by atoms with Gasteiger partial charge < -0.3 is 5.32 Å². The Balaban J connectivity index is 2.91. The molecule has 0 aromatic heterocycles. The van der Waals surface area contributed by atoms with Crippen molar-refractivity contribution in [2.75, 3.05) is 5.32 Å². The Hall–Kier alpha value is -2.01. The smallest absolute Gasteiger partial charge is 0.295 e. The maximum absolute atomic E-state index is 11.4. The van der Waals surface area contributed by atoms with Gasteiger partial charge in [-0.3, -0.25) is 13.9 Å². The molecule has 0 heterocycles. The molecule has 0 saturated heterocycles. The van der Waals surface area contributed by atoms with Crippen molar-refractivity contribution >= 4 is 42.6 Å². The number of anilines is 1. The van der Waals surface area contributed by atoms with Crippen LogP contribution in [-0.4, -0.2) is 31.8 Å². The van der Waals surface area contributed by atoms with Crippen LogP contribution in [0.3, 0.4) is 0 Å². The van der Waals surface area contributed by atoms with Crippen LogP contribution in [0.2, 0.25) is 0 Å². The minimum atomic E-state index is -4.63. The summed E-state index contributed by atoms with van der Waals surface area (Å²) in [7, 11) is -9.18. The van der Waals surface area contributed by atoms with Crippen molar-refractivity contribution < 1.29 is 30.7 Å². The van der Waals surface area contributed by atoms with E-state index in [1.807, 2.05) is 0 Å². The highest BCUT2D eigenvalue weighted by molar-refractivity contribution is 7.86. The summed E-state index contributed by atoms with van der Waals surface area (Å²) in [5.74, 6) is -0.417. The fraction of sp³-hybridized carbons (Fsp3) is 0.0833. The van der Waals surface area contributed by atoms with Crippen LogP contribution in [0.5, 0.6) is 0 Å². The van der Waals surface area contributed by atoms with Gasteiger partial charge in [-0.25, -0.2) is 0 Å². The number of amides is 1. The van der Waals surface area contributed by atoms with E-state index in [1.54, 1.807) is 0 Å². The van der Waals surface area contributed by atoms with Gasteiger partial charge in [0.2, 0.25) is 5.91 Å². The maximum Gasteiger partial charge on any atom is 0.295 e. The monoisotopic (exact) mass is 345 g/mol. The summed E-state index contributed by atoms with van der Waals surface area (Å²) in [6.45, 7) is 1.25. The summed E-state index contributed by atoms with van der Waals surface area (Å²) in [6, 6.07) is 5.46. The van der Waals surface area contributed by atoms with Gasteiger partial charge in [-0.1, -0.05) is 6.07 Å². The van der Waals surface area contributed by atoms with Crippen molar-refractivity contribution in [3.8, 4) is 0 Å². The Bertz CT molecular complexity index is 978. The summed E-state index contributed by atoms with van der Waals surface area (Å²) >= 11 is 0. The molecule has 1 amide bonds. The zero-order valence-corrected chi connectivity index (χ0v) is 12.8. The maximum atomic E-state index is 11.4. The molecule has 0 unspecified atom stereocenters. The van der Waals surface area contributed by atoms with Crippen LogP contribution in [0.15, 0.2) is 40.1 Å². The van der Waals surface area contributed by atoms with Gasteiger partial charge >= 0.3 is 0 Å². The lowest BCUT2D eigenvalue weighted by Gasteiger charge is -2.11. The van der Waals surface area contributed by atoms with E-state index >= 15 is 0 Å². The lowest BCUT2D eigenvalue weighted by Crippen LogP contribution is -2.08. The van der Waals surface area contributed by atoms with Crippen LogP contribution in [0.1, 0.15) is 6.92 Å². The van der Waals surface area contributed by atoms with Crippen molar-refractivity contribution in [3.63, 3.8) is 0 Å². The molecule has 0 atom stereocenters. The normalized spacial score (nSPS) is 12.3. The second-order valence-electron chi connectivity index (χ2n) is 4.45. The standard InChI is InChI=1S/C12H11NO7S2/c1-7(14)13-11-4-5-12(22(18,19)20)10-6-8(21(15,16)17)2-3-9(10)11/h2-6H,1H3,(H,13,14)(H,15,16,17)(H,18,19,20). The Morgan fingerprint density at radius 1 is 0.955 bits per heavy atom. The van der Waals surface area contributed by atoms with E-state index in [-0.39, 0.29) is 16.5 Å². The molecule has 0 fully saturated rings. The topological polar surface area (TPSA) is 138 Å². The summed E-state index contributed by atoms with van der Waals surface area (Å²) < 4.78 is 63.4. The van der Waals surface area contributed by atoms with E-state index in [4.69, 9.17) is 4.55 Å². The predicted molar refractivity (Wildman–Crippen MR) is 77.9 cm³/mol.